The van der Waals surface area contributed by atoms with Crippen molar-refractivity contribution >= 4 is 16.9 Å². The molecule has 0 aliphatic carbocycles. The third-order valence-corrected chi connectivity index (χ3v) is 2.69. The van der Waals surface area contributed by atoms with Gasteiger partial charge in [0.05, 0.1) is 0 Å². The fourth-order valence-corrected chi connectivity index (χ4v) is 1.77. The first-order chi connectivity index (χ1) is 7.90. The number of aromatic nitrogens is 1. The smallest absolute Gasteiger partial charge is 0.374 e. The van der Waals surface area contributed by atoms with Crippen LogP contribution in [0.2, 0.25) is 0 Å². The minimum absolute atomic E-state index is 0.316. The second-order valence-corrected chi connectivity index (χ2v) is 4.01. The standard InChI is InChI=1S/C12H11F2NO2/c1-15-5-4-9-6-8(2-3-10(9)15)7-12(13,14)11(16)17/h2-6H,7H2,1H3,(H,16,17). The Balaban J connectivity index is 2.34. The van der Waals surface area contributed by atoms with E-state index in [1.54, 1.807) is 18.2 Å². The maximum Gasteiger partial charge on any atom is 0.374 e. The molecule has 0 spiro atoms. The van der Waals surface area contributed by atoms with Crippen LogP contribution in [0.1, 0.15) is 5.56 Å². The van der Waals surface area contributed by atoms with Crippen LogP contribution in [0.15, 0.2) is 30.5 Å². The van der Waals surface area contributed by atoms with E-state index in [0.717, 1.165) is 10.9 Å². The molecule has 0 aliphatic rings. The van der Waals surface area contributed by atoms with Crippen molar-refractivity contribution in [1.82, 2.24) is 4.57 Å². The molecule has 90 valence electrons. The number of rotatable bonds is 3. The number of carbonyl (C=O) groups is 1. The van der Waals surface area contributed by atoms with Gasteiger partial charge in [-0.25, -0.2) is 4.79 Å². The van der Waals surface area contributed by atoms with Gasteiger partial charge in [-0.1, -0.05) is 6.07 Å². The van der Waals surface area contributed by atoms with E-state index in [4.69, 9.17) is 5.11 Å². The van der Waals surface area contributed by atoms with Crippen LogP contribution in [0.4, 0.5) is 8.78 Å². The number of carboxylic acids is 1. The highest BCUT2D eigenvalue weighted by Gasteiger charge is 2.38. The molecule has 2 rings (SSSR count). The molecule has 3 nitrogen and oxygen atoms in total. The molecule has 1 N–H and O–H groups in total. The summed E-state index contributed by atoms with van der Waals surface area (Å²) in [6.45, 7) is 0. The molecule has 5 heteroatoms. The molecule has 0 saturated heterocycles. The van der Waals surface area contributed by atoms with E-state index < -0.39 is 18.3 Å². The number of nitrogens with zero attached hydrogens (tertiary/aromatic N) is 1. The first kappa shape index (κ1) is 11.6. The monoisotopic (exact) mass is 239 g/mol. The zero-order valence-corrected chi connectivity index (χ0v) is 9.15. The molecule has 0 bridgehead atoms. The largest absolute Gasteiger partial charge is 0.477 e. The number of aryl methyl sites for hydroxylation is 1. The highest BCUT2D eigenvalue weighted by Crippen LogP contribution is 2.23. The molecule has 17 heavy (non-hydrogen) atoms. The van der Waals surface area contributed by atoms with E-state index >= 15 is 0 Å². The Bertz CT molecular complexity index is 575. The Morgan fingerprint density at radius 3 is 2.76 bits per heavy atom. The van der Waals surface area contributed by atoms with Crippen molar-refractivity contribution in [2.75, 3.05) is 0 Å². The summed E-state index contributed by atoms with van der Waals surface area (Å²) in [6, 6.07) is 6.63. The Kier molecular flexibility index (Phi) is 2.61. The number of hydrogen-bond donors (Lipinski definition) is 1. The lowest BCUT2D eigenvalue weighted by Gasteiger charge is -2.11. The van der Waals surface area contributed by atoms with Crippen LogP contribution in [0, 0.1) is 0 Å². The number of aliphatic carboxylic acids is 1. The molecule has 0 amide bonds. The molecule has 0 aliphatic heterocycles. The van der Waals surface area contributed by atoms with Crippen molar-refractivity contribution in [3.63, 3.8) is 0 Å². The number of benzene rings is 1. The highest BCUT2D eigenvalue weighted by atomic mass is 19.3. The van der Waals surface area contributed by atoms with Crippen molar-refractivity contribution in [2.45, 2.75) is 12.3 Å². The molecular weight excluding hydrogens is 228 g/mol. The predicted octanol–water partition coefficient (Wildman–Crippen LogP) is 2.44. The summed E-state index contributed by atoms with van der Waals surface area (Å²) in [5, 5.41) is 9.19. The zero-order valence-electron chi connectivity index (χ0n) is 9.15. The van der Waals surface area contributed by atoms with E-state index in [1.165, 1.54) is 6.07 Å². The Morgan fingerprint density at radius 1 is 1.41 bits per heavy atom. The fraction of sp³-hybridized carbons (Fsp3) is 0.250. The number of carboxylic acid groups (broad SMARTS) is 1. The Morgan fingerprint density at radius 2 is 2.12 bits per heavy atom. The Labute approximate surface area is 96.3 Å². The van der Waals surface area contributed by atoms with Crippen LogP contribution in [0.3, 0.4) is 0 Å². The topological polar surface area (TPSA) is 42.2 Å². The third-order valence-electron chi connectivity index (χ3n) is 2.69. The lowest BCUT2D eigenvalue weighted by Crippen LogP contribution is -2.30. The number of alkyl halides is 2. The molecule has 1 heterocycles. The lowest BCUT2D eigenvalue weighted by molar-refractivity contribution is -0.164. The summed E-state index contributed by atoms with van der Waals surface area (Å²) in [6.07, 6.45) is 1.04. The molecule has 0 radical (unpaired) electrons. The van der Waals surface area contributed by atoms with Crippen LogP contribution >= 0.6 is 0 Å². The van der Waals surface area contributed by atoms with Gasteiger partial charge in [0.1, 0.15) is 0 Å². The van der Waals surface area contributed by atoms with Gasteiger partial charge in [0.2, 0.25) is 0 Å². The van der Waals surface area contributed by atoms with Gasteiger partial charge in [-0.05, 0) is 29.1 Å². The SMILES string of the molecule is Cn1ccc2cc(CC(F)(F)C(=O)O)ccc21. The minimum Gasteiger partial charge on any atom is -0.477 e. The van der Waals surface area contributed by atoms with Gasteiger partial charge in [-0.2, -0.15) is 8.78 Å². The van der Waals surface area contributed by atoms with Gasteiger partial charge >= 0.3 is 11.9 Å². The first-order valence-electron chi connectivity index (χ1n) is 5.05. The zero-order chi connectivity index (χ0) is 12.6. The normalized spacial score (nSPS) is 11.9. The maximum atomic E-state index is 13.0. The van der Waals surface area contributed by atoms with Gasteiger partial charge in [0.25, 0.3) is 0 Å². The van der Waals surface area contributed by atoms with Gasteiger partial charge in [-0.15, -0.1) is 0 Å². The quantitative estimate of drug-likeness (QED) is 0.893. The van der Waals surface area contributed by atoms with Crippen LogP contribution in [0.5, 0.6) is 0 Å². The molecule has 1 aromatic carbocycles. The summed E-state index contributed by atoms with van der Waals surface area (Å²) in [5.41, 5.74) is 1.24. The summed E-state index contributed by atoms with van der Waals surface area (Å²) in [7, 11) is 1.86. The molecule has 0 saturated carbocycles. The highest BCUT2D eigenvalue weighted by molar-refractivity contribution is 5.81. The van der Waals surface area contributed by atoms with Crippen molar-refractivity contribution in [3.8, 4) is 0 Å². The second kappa shape index (κ2) is 3.84. The average molecular weight is 239 g/mol. The molecule has 2 aromatic rings. The van der Waals surface area contributed by atoms with Gasteiger partial charge < -0.3 is 9.67 Å². The van der Waals surface area contributed by atoms with E-state index in [-0.39, 0.29) is 0 Å². The van der Waals surface area contributed by atoms with Crippen molar-refractivity contribution in [3.05, 3.63) is 36.0 Å². The van der Waals surface area contributed by atoms with E-state index in [2.05, 4.69) is 0 Å². The summed E-state index contributed by atoms with van der Waals surface area (Å²) in [4.78, 5) is 10.3. The molecule has 0 unspecified atom stereocenters. The van der Waals surface area contributed by atoms with E-state index in [9.17, 15) is 13.6 Å². The van der Waals surface area contributed by atoms with E-state index in [0.29, 0.717) is 5.56 Å². The fourth-order valence-electron chi connectivity index (χ4n) is 1.77. The number of fused-ring (bicyclic) bond motifs is 1. The molecule has 1 aromatic heterocycles. The average Bonchev–Trinajstić information content (AvgIpc) is 2.59. The summed E-state index contributed by atoms with van der Waals surface area (Å²) in [5.74, 6) is -5.81. The van der Waals surface area contributed by atoms with Crippen LogP contribution < -0.4 is 0 Å². The predicted molar refractivity (Wildman–Crippen MR) is 59.2 cm³/mol. The number of hydrogen-bond acceptors (Lipinski definition) is 1. The van der Waals surface area contributed by atoms with Crippen LogP contribution in [0.25, 0.3) is 10.9 Å². The molecule has 0 atom stereocenters. The van der Waals surface area contributed by atoms with Crippen molar-refractivity contribution < 1.29 is 18.7 Å². The molecular formula is C12H11F2NO2. The molecule has 0 fully saturated rings. The van der Waals surface area contributed by atoms with Gasteiger partial charge in [-0.3, -0.25) is 0 Å². The summed E-state index contributed by atoms with van der Waals surface area (Å²) >= 11 is 0. The van der Waals surface area contributed by atoms with Gasteiger partial charge in [0, 0.05) is 25.2 Å². The lowest BCUT2D eigenvalue weighted by atomic mass is 10.1. The number of halogens is 2. The second-order valence-electron chi connectivity index (χ2n) is 4.01. The van der Waals surface area contributed by atoms with Crippen molar-refractivity contribution in [1.29, 1.82) is 0 Å². The summed E-state index contributed by atoms with van der Waals surface area (Å²) < 4.78 is 27.9. The first-order valence-corrected chi connectivity index (χ1v) is 5.05. The van der Waals surface area contributed by atoms with Crippen LogP contribution in [-0.4, -0.2) is 21.6 Å². The minimum atomic E-state index is -3.72. The van der Waals surface area contributed by atoms with Crippen molar-refractivity contribution in [2.24, 2.45) is 7.05 Å². The maximum absolute atomic E-state index is 13.0. The van der Waals surface area contributed by atoms with Gasteiger partial charge in [0.15, 0.2) is 0 Å². The van der Waals surface area contributed by atoms with E-state index in [1.807, 2.05) is 17.8 Å². The van der Waals surface area contributed by atoms with Crippen LogP contribution in [-0.2, 0) is 18.3 Å². The Hall–Kier alpha value is -1.91. The third kappa shape index (κ3) is 2.13.